The fourth-order valence-electron chi connectivity index (χ4n) is 1.90. The summed E-state index contributed by atoms with van der Waals surface area (Å²) in [5.74, 6) is -1.55. The Morgan fingerprint density at radius 3 is 2.59 bits per heavy atom. The van der Waals surface area contributed by atoms with Crippen LogP contribution in [0.2, 0.25) is 0 Å². The maximum Gasteiger partial charge on any atom is 0.305 e. The number of aliphatic carboxylic acids is 1. The van der Waals surface area contributed by atoms with Crippen LogP contribution in [0, 0.1) is 0 Å². The predicted molar refractivity (Wildman–Crippen MR) is 61.3 cm³/mol. The average Bonchev–Trinajstić information content (AvgIpc) is 2.14. The molecule has 2 N–H and O–H groups in total. The molecule has 2 unspecified atom stereocenters. The van der Waals surface area contributed by atoms with Gasteiger partial charge in [0.2, 0.25) is 5.91 Å². The van der Waals surface area contributed by atoms with E-state index in [1.54, 1.807) is 6.92 Å². The molecule has 0 aromatic rings. The standard InChI is InChI=1S/C10H17NO5S/c1-7(6-9(12)13)11-10(14)8-4-2-3-5-17(8,15)16/h7-8H,2-6H2,1H3,(H,11,14)(H,12,13). The Kier molecular flexibility index (Phi) is 4.50. The molecule has 0 radical (unpaired) electrons. The number of hydrogen-bond acceptors (Lipinski definition) is 4. The van der Waals surface area contributed by atoms with Gasteiger partial charge in [0.1, 0.15) is 5.25 Å². The molecule has 0 saturated carbocycles. The SMILES string of the molecule is CC(CC(=O)O)NC(=O)C1CCCCS1(=O)=O. The summed E-state index contributed by atoms with van der Waals surface area (Å²) in [5.41, 5.74) is 0. The van der Waals surface area contributed by atoms with Crippen LogP contribution in [-0.4, -0.2) is 42.4 Å². The van der Waals surface area contributed by atoms with Gasteiger partial charge in [0.05, 0.1) is 12.2 Å². The Morgan fingerprint density at radius 2 is 2.06 bits per heavy atom. The Labute approximate surface area is 100 Å². The molecule has 7 heteroatoms. The van der Waals surface area contributed by atoms with E-state index in [9.17, 15) is 18.0 Å². The molecule has 1 amide bonds. The minimum Gasteiger partial charge on any atom is -0.481 e. The first-order valence-corrected chi connectivity index (χ1v) is 7.28. The maximum atomic E-state index is 11.7. The van der Waals surface area contributed by atoms with Crippen LogP contribution < -0.4 is 5.32 Å². The van der Waals surface area contributed by atoms with E-state index < -0.39 is 33.0 Å². The van der Waals surface area contributed by atoms with Crippen molar-refractivity contribution in [3.63, 3.8) is 0 Å². The summed E-state index contributed by atoms with van der Waals surface area (Å²) in [5, 5.41) is 9.97. The monoisotopic (exact) mass is 263 g/mol. The molecular formula is C10H17NO5S. The van der Waals surface area contributed by atoms with Crippen molar-refractivity contribution >= 4 is 21.7 Å². The third-order valence-electron chi connectivity index (χ3n) is 2.74. The Hall–Kier alpha value is -1.11. The van der Waals surface area contributed by atoms with Crippen molar-refractivity contribution < 1.29 is 23.1 Å². The van der Waals surface area contributed by atoms with E-state index in [4.69, 9.17) is 5.11 Å². The molecule has 1 rings (SSSR count). The topological polar surface area (TPSA) is 101 Å². The molecule has 1 aliphatic heterocycles. The van der Waals surface area contributed by atoms with Crippen molar-refractivity contribution in [3.8, 4) is 0 Å². The van der Waals surface area contributed by atoms with Crippen LogP contribution in [0.25, 0.3) is 0 Å². The number of carboxylic acid groups (broad SMARTS) is 1. The van der Waals surface area contributed by atoms with Gasteiger partial charge in [0.15, 0.2) is 9.84 Å². The zero-order valence-corrected chi connectivity index (χ0v) is 10.5. The van der Waals surface area contributed by atoms with Gasteiger partial charge in [-0.2, -0.15) is 0 Å². The lowest BCUT2D eigenvalue weighted by Crippen LogP contribution is -2.46. The lowest BCUT2D eigenvalue weighted by atomic mass is 10.1. The maximum absolute atomic E-state index is 11.7. The quantitative estimate of drug-likeness (QED) is 0.739. The van der Waals surface area contributed by atoms with Crippen LogP contribution in [0.1, 0.15) is 32.6 Å². The number of nitrogens with one attached hydrogen (secondary N) is 1. The van der Waals surface area contributed by atoms with Gasteiger partial charge in [-0.05, 0) is 19.8 Å². The minimum absolute atomic E-state index is 0.0401. The van der Waals surface area contributed by atoms with E-state index in [1.807, 2.05) is 0 Å². The number of amides is 1. The second kappa shape index (κ2) is 5.48. The van der Waals surface area contributed by atoms with Crippen LogP contribution in [0.3, 0.4) is 0 Å². The van der Waals surface area contributed by atoms with E-state index >= 15 is 0 Å². The van der Waals surface area contributed by atoms with Crippen LogP contribution in [0.5, 0.6) is 0 Å². The van der Waals surface area contributed by atoms with Gasteiger partial charge in [-0.15, -0.1) is 0 Å². The third-order valence-corrected chi connectivity index (χ3v) is 4.92. The van der Waals surface area contributed by atoms with Crippen LogP contribution in [0.15, 0.2) is 0 Å². The zero-order valence-electron chi connectivity index (χ0n) is 9.68. The highest BCUT2D eigenvalue weighted by Crippen LogP contribution is 2.19. The highest BCUT2D eigenvalue weighted by Gasteiger charge is 2.35. The number of carboxylic acids is 1. The molecule has 2 atom stereocenters. The lowest BCUT2D eigenvalue weighted by Gasteiger charge is -2.23. The molecule has 1 aliphatic rings. The van der Waals surface area contributed by atoms with Gasteiger partial charge >= 0.3 is 5.97 Å². The minimum atomic E-state index is -3.36. The number of carbonyl (C=O) groups excluding carboxylic acids is 1. The number of rotatable bonds is 4. The lowest BCUT2D eigenvalue weighted by molar-refractivity contribution is -0.137. The van der Waals surface area contributed by atoms with Gasteiger partial charge in [-0.25, -0.2) is 8.42 Å². The highest BCUT2D eigenvalue weighted by atomic mass is 32.2. The summed E-state index contributed by atoms with van der Waals surface area (Å²) >= 11 is 0. The van der Waals surface area contributed by atoms with Crippen molar-refractivity contribution in [2.45, 2.75) is 43.9 Å². The number of carbonyl (C=O) groups is 2. The third kappa shape index (κ3) is 3.99. The van der Waals surface area contributed by atoms with Crippen molar-refractivity contribution in [1.29, 1.82) is 0 Å². The summed E-state index contributed by atoms with van der Waals surface area (Å²) in [6.07, 6.45) is 1.42. The first-order valence-electron chi connectivity index (χ1n) is 5.56. The van der Waals surface area contributed by atoms with Crippen LogP contribution in [0.4, 0.5) is 0 Å². The predicted octanol–water partition coefficient (Wildman–Crippen LogP) is -0.0669. The molecule has 1 saturated heterocycles. The molecule has 0 spiro atoms. The second-order valence-corrected chi connectivity index (χ2v) is 6.66. The second-order valence-electron chi connectivity index (χ2n) is 4.36. The number of hydrogen-bond donors (Lipinski definition) is 2. The highest BCUT2D eigenvalue weighted by molar-refractivity contribution is 7.92. The molecule has 1 heterocycles. The molecular weight excluding hydrogens is 246 g/mol. The Bertz CT molecular complexity index is 403. The van der Waals surface area contributed by atoms with Crippen LogP contribution >= 0.6 is 0 Å². The summed E-state index contributed by atoms with van der Waals surface area (Å²) in [6.45, 7) is 1.54. The molecule has 0 bridgehead atoms. The summed E-state index contributed by atoms with van der Waals surface area (Å²) in [6, 6.07) is -0.558. The smallest absolute Gasteiger partial charge is 0.305 e. The Morgan fingerprint density at radius 1 is 1.41 bits per heavy atom. The molecule has 1 fully saturated rings. The van der Waals surface area contributed by atoms with Crippen molar-refractivity contribution in [2.24, 2.45) is 0 Å². The normalized spacial score (nSPS) is 24.9. The van der Waals surface area contributed by atoms with E-state index in [0.29, 0.717) is 19.3 Å². The largest absolute Gasteiger partial charge is 0.481 e. The fourth-order valence-corrected chi connectivity index (χ4v) is 3.71. The fraction of sp³-hybridized carbons (Fsp3) is 0.800. The van der Waals surface area contributed by atoms with Gasteiger partial charge in [-0.1, -0.05) is 6.42 Å². The van der Waals surface area contributed by atoms with Crippen molar-refractivity contribution in [1.82, 2.24) is 5.32 Å². The summed E-state index contributed by atoms with van der Waals surface area (Å²) < 4.78 is 23.3. The Balaban J connectivity index is 2.60. The molecule has 98 valence electrons. The van der Waals surface area contributed by atoms with E-state index in [2.05, 4.69) is 5.32 Å². The van der Waals surface area contributed by atoms with E-state index in [-0.39, 0.29) is 12.2 Å². The average molecular weight is 263 g/mol. The zero-order chi connectivity index (χ0) is 13.1. The van der Waals surface area contributed by atoms with Crippen molar-refractivity contribution in [2.75, 3.05) is 5.75 Å². The van der Waals surface area contributed by atoms with Gasteiger partial charge in [0, 0.05) is 6.04 Å². The van der Waals surface area contributed by atoms with Gasteiger partial charge < -0.3 is 10.4 Å². The van der Waals surface area contributed by atoms with Gasteiger partial charge in [-0.3, -0.25) is 9.59 Å². The molecule has 0 aromatic carbocycles. The summed E-state index contributed by atoms with van der Waals surface area (Å²) in [7, 11) is -3.36. The molecule has 0 aliphatic carbocycles. The van der Waals surface area contributed by atoms with E-state index in [0.717, 1.165) is 0 Å². The number of sulfone groups is 1. The first kappa shape index (κ1) is 14.0. The van der Waals surface area contributed by atoms with Crippen LogP contribution in [-0.2, 0) is 19.4 Å². The summed E-state index contributed by atoms with van der Waals surface area (Å²) in [4.78, 5) is 22.1. The first-order chi connectivity index (χ1) is 7.83. The van der Waals surface area contributed by atoms with E-state index in [1.165, 1.54) is 0 Å². The molecule has 6 nitrogen and oxygen atoms in total. The van der Waals surface area contributed by atoms with Crippen molar-refractivity contribution in [3.05, 3.63) is 0 Å². The molecule has 17 heavy (non-hydrogen) atoms. The molecule has 0 aromatic heterocycles. The van der Waals surface area contributed by atoms with Gasteiger partial charge in [0.25, 0.3) is 0 Å².